The lowest BCUT2D eigenvalue weighted by Gasteiger charge is -2.26. The fraction of sp³-hybridized carbons (Fsp3) is 0.500. The van der Waals surface area contributed by atoms with Crippen LogP contribution in [0.4, 0.5) is 0 Å². The van der Waals surface area contributed by atoms with Gasteiger partial charge < -0.3 is 29.0 Å². The molecule has 2 aliphatic rings. The molecule has 0 aromatic heterocycles. The molecule has 0 atom stereocenters. The lowest BCUT2D eigenvalue weighted by molar-refractivity contribution is 0.0374. The van der Waals surface area contributed by atoms with Gasteiger partial charge in [0.2, 0.25) is 0 Å². The first-order valence-corrected chi connectivity index (χ1v) is 11.9. The Kier molecular flexibility index (Phi) is 12.6. The molecule has 1 N–H and O–H groups in total. The molecule has 0 unspecified atom stereocenters. The van der Waals surface area contributed by atoms with Crippen molar-refractivity contribution in [3.63, 3.8) is 0 Å². The fourth-order valence-corrected chi connectivity index (χ4v) is 4.44. The second-order valence-corrected chi connectivity index (χ2v) is 8.71. The highest BCUT2D eigenvalue weighted by molar-refractivity contribution is 9.10. The number of ether oxygens (including phenoxy) is 5. The van der Waals surface area contributed by atoms with Crippen LogP contribution in [-0.4, -0.2) is 64.6 Å². The number of morpholine rings is 1. The first-order chi connectivity index (χ1) is 15.7. The van der Waals surface area contributed by atoms with Crippen molar-refractivity contribution in [3.8, 4) is 23.0 Å². The Balaban J connectivity index is 0.00000204. The summed E-state index contributed by atoms with van der Waals surface area (Å²) in [5.74, 6) is 2.94. The maximum Gasteiger partial charge on any atom is 0.175 e. The van der Waals surface area contributed by atoms with Gasteiger partial charge in [0.25, 0.3) is 0 Å². The van der Waals surface area contributed by atoms with Gasteiger partial charge in [0, 0.05) is 19.6 Å². The van der Waals surface area contributed by atoms with Gasteiger partial charge >= 0.3 is 0 Å². The molecule has 1 saturated heterocycles. The number of nitrogens with one attached hydrogen (secondary N) is 1. The van der Waals surface area contributed by atoms with Crippen LogP contribution in [0.2, 0.25) is 0 Å². The lowest BCUT2D eigenvalue weighted by Crippen LogP contribution is -2.37. The molecular formula is C24H33BrCl2N2O5. The van der Waals surface area contributed by atoms with E-state index in [1.807, 2.05) is 24.3 Å². The van der Waals surface area contributed by atoms with E-state index in [0.29, 0.717) is 31.3 Å². The normalized spacial score (nSPS) is 15.1. The highest BCUT2D eigenvalue weighted by Gasteiger charge is 2.15. The third-order valence-corrected chi connectivity index (χ3v) is 6.13. The Morgan fingerprint density at radius 3 is 2.50 bits per heavy atom. The maximum atomic E-state index is 6.10. The number of methoxy groups -OCH3 is 1. The Morgan fingerprint density at radius 2 is 1.74 bits per heavy atom. The predicted octanol–water partition coefficient (Wildman–Crippen LogP) is 4.46. The Bertz CT molecular complexity index is 900. The molecule has 34 heavy (non-hydrogen) atoms. The first kappa shape index (κ1) is 28.8. The maximum absolute atomic E-state index is 6.10. The van der Waals surface area contributed by atoms with Gasteiger partial charge in [-0.1, -0.05) is 6.07 Å². The van der Waals surface area contributed by atoms with Crippen LogP contribution in [-0.2, 0) is 17.9 Å². The van der Waals surface area contributed by atoms with Crippen molar-refractivity contribution < 1.29 is 23.7 Å². The van der Waals surface area contributed by atoms with Crippen molar-refractivity contribution in [1.29, 1.82) is 0 Å². The summed E-state index contributed by atoms with van der Waals surface area (Å²) >= 11 is 3.65. The second-order valence-electron chi connectivity index (χ2n) is 7.86. The number of nitrogens with zero attached hydrogens (tertiary/aromatic N) is 1. The van der Waals surface area contributed by atoms with Crippen LogP contribution in [0, 0.1) is 0 Å². The van der Waals surface area contributed by atoms with Crippen LogP contribution in [0.1, 0.15) is 17.5 Å². The third-order valence-electron chi connectivity index (χ3n) is 5.54. The van der Waals surface area contributed by atoms with Gasteiger partial charge in [-0.2, -0.15) is 0 Å². The zero-order valence-corrected chi connectivity index (χ0v) is 22.6. The molecule has 0 radical (unpaired) electrons. The molecule has 2 aromatic carbocycles. The molecule has 4 rings (SSSR count). The summed E-state index contributed by atoms with van der Waals surface area (Å²) in [6.07, 6.45) is 1.12. The summed E-state index contributed by atoms with van der Waals surface area (Å²) in [5.41, 5.74) is 2.15. The van der Waals surface area contributed by atoms with E-state index in [4.69, 9.17) is 23.7 Å². The van der Waals surface area contributed by atoms with Crippen LogP contribution in [0.25, 0.3) is 0 Å². The van der Waals surface area contributed by atoms with E-state index in [1.54, 1.807) is 7.11 Å². The fourth-order valence-electron chi connectivity index (χ4n) is 3.83. The molecule has 0 amide bonds. The number of rotatable bonds is 10. The molecule has 7 nitrogen and oxygen atoms in total. The highest BCUT2D eigenvalue weighted by atomic mass is 79.9. The molecule has 2 aliphatic heterocycles. The molecule has 0 aliphatic carbocycles. The Morgan fingerprint density at radius 1 is 0.971 bits per heavy atom. The minimum absolute atomic E-state index is 0. The lowest BCUT2D eigenvalue weighted by atomic mass is 10.2. The monoisotopic (exact) mass is 578 g/mol. The van der Waals surface area contributed by atoms with E-state index in [-0.39, 0.29) is 24.8 Å². The minimum atomic E-state index is 0. The summed E-state index contributed by atoms with van der Waals surface area (Å²) in [7, 11) is 1.66. The topological polar surface area (TPSA) is 61.4 Å². The molecule has 10 heteroatoms. The van der Waals surface area contributed by atoms with Crippen molar-refractivity contribution in [2.45, 2.75) is 19.6 Å². The van der Waals surface area contributed by atoms with E-state index in [1.165, 1.54) is 0 Å². The zero-order chi connectivity index (χ0) is 22.2. The molecule has 1 fully saturated rings. The second kappa shape index (κ2) is 14.9. The summed E-state index contributed by atoms with van der Waals surface area (Å²) in [4.78, 5) is 2.46. The van der Waals surface area contributed by atoms with E-state index in [2.05, 4.69) is 32.2 Å². The predicted molar refractivity (Wildman–Crippen MR) is 141 cm³/mol. The van der Waals surface area contributed by atoms with E-state index in [0.717, 1.165) is 79.5 Å². The standard InChI is InChI=1S/C24H31BrN2O5.2ClH/c1-28-23-15-19(16-26-5-2-6-27-7-9-29-10-8-27)13-20(25)24(23)32-17-18-3-4-21-22(14-18)31-12-11-30-21;;/h3-4,13-15,26H,2,5-12,16-17H2,1H3;2*1H. The van der Waals surface area contributed by atoms with Gasteiger partial charge in [0.05, 0.1) is 24.8 Å². The number of benzene rings is 2. The van der Waals surface area contributed by atoms with Crippen molar-refractivity contribution in [1.82, 2.24) is 10.2 Å². The van der Waals surface area contributed by atoms with E-state index >= 15 is 0 Å². The molecule has 2 heterocycles. The van der Waals surface area contributed by atoms with Gasteiger partial charge in [-0.05, 0) is 70.8 Å². The molecule has 0 saturated carbocycles. The average molecular weight is 580 g/mol. The van der Waals surface area contributed by atoms with Crippen LogP contribution >= 0.6 is 40.7 Å². The zero-order valence-electron chi connectivity index (χ0n) is 19.3. The van der Waals surface area contributed by atoms with Crippen molar-refractivity contribution in [2.24, 2.45) is 0 Å². The summed E-state index contributed by atoms with van der Waals surface area (Å²) in [6, 6.07) is 9.98. The number of halogens is 3. The molecule has 2 aromatic rings. The third kappa shape index (κ3) is 8.07. The van der Waals surface area contributed by atoms with Gasteiger partial charge in [-0.25, -0.2) is 0 Å². The van der Waals surface area contributed by atoms with Gasteiger partial charge in [0.15, 0.2) is 23.0 Å². The quantitative estimate of drug-likeness (QED) is 0.417. The van der Waals surface area contributed by atoms with Crippen LogP contribution in [0.15, 0.2) is 34.8 Å². The summed E-state index contributed by atoms with van der Waals surface area (Å²) < 4.78 is 29.2. The van der Waals surface area contributed by atoms with E-state index in [9.17, 15) is 0 Å². The Labute approximate surface area is 222 Å². The molecular weight excluding hydrogens is 547 g/mol. The minimum Gasteiger partial charge on any atom is -0.493 e. The van der Waals surface area contributed by atoms with Gasteiger partial charge in [-0.3, -0.25) is 4.90 Å². The Hall–Kier alpha value is -1.42. The van der Waals surface area contributed by atoms with Crippen LogP contribution < -0.4 is 24.3 Å². The smallest absolute Gasteiger partial charge is 0.175 e. The molecule has 0 spiro atoms. The summed E-state index contributed by atoms with van der Waals surface area (Å²) in [6.45, 7) is 8.20. The summed E-state index contributed by atoms with van der Waals surface area (Å²) in [5, 5.41) is 3.53. The van der Waals surface area contributed by atoms with Crippen LogP contribution in [0.5, 0.6) is 23.0 Å². The number of hydrogen-bond donors (Lipinski definition) is 1. The van der Waals surface area contributed by atoms with Crippen molar-refractivity contribution in [3.05, 3.63) is 45.9 Å². The number of hydrogen-bond acceptors (Lipinski definition) is 7. The van der Waals surface area contributed by atoms with Crippen molar-refractivity contribution in [2.75, 3.05) is 59.7 Å². The largest absolute Gasteiger partial charge is 0.493 e. The first-order valence-electron chi connectivity index (χ1n) is 11.1. The molecule has 190 valence electrons. The highest BCUT2D eigenvalue weighted by Crippen LogP contribution is 2.38. The SMILES string of the molecule is COc1cc(CNCCCN2CCOCC2)cc(Br)c1OCc1ccc2c(c1)OCCO2.Cl.Cl. The van der Waals surface area contributed by atoms with E-state index < -0.39 is 0 Å². The average Bonchev–Trinajstić information content (AvgIpc) is 2.83. The van der Waals surface area contributed by atoms with Gasteiger partial charge in [0.1, 0.15) is 19.8 Å². The van der Waals surface area contributed by atoms with Crippen molar-refractivity contribution >= 4 is 40.7 Å². The number of fused-ring (bicyclic) bond motifs is 1. The van der Waals surface area contributed by atoms with Gasteiger partial charge in [-0.15, -0.1) is 24.8 Å². The van der Waals surface area contributed by atoms with Crippen LogP contribution in [0.3, 0.4) is 0 Å². The molecule has 0 bridgehead atoms.